The van der Waals surface area contributed by atoms with Gasteiger partial charge in [0.2, 0.25) is 0 Å². The molecular weight excluding hydrogens is 276 g/mol. The molecule has 2 aliphatic heterocycles. The summed E-state index contributed by atoms with van der Waals surface area (Å²) in [5.41, 5.74) is -0.666. The van der Waals surface area contributed by atoms with Gasteiger partial charge in [0.1, 0.15) is 0 Å². The van der Waals surface area contributed by atoms with Crippen LogP contribution in [0.5, 0.6) is 0 Å². The van der Waals surface area contributed by atoms with Gasteiger partial charge in [-0.15, -0.1) is 0 Å². The van der Waals surface area contributed by atoms with Crippen LogP contribution in [0.2, 0.25) is 0 Å². The van der Waals surface area contributed by atoms with E-state index in [0.717, 1.165) is 25.3 Å². The van der Waals surface area contributed by atoms with Crippen molar-refractivity contribution in [3.63, 3.8) is 0 Å². The first-order valence-electron chi connectivity index (χ1n) is 7.35. The second kappa shape index (κ2) is 6.24. The predicted octanol–water partition coefficient (Wildman–Crippen LogP) is 2.12. The molecule has 0 saturated carbocycles. The van der Waals surface area contributed by atoms with Crippen LogP contribution < -0.4 is 0 Å². The van der Waals surface area contributed by atoms with Crippen LogP contribution in [-0.2, 0) is 4.79 Å². The molecule has 6 heteroatoms. The van der Waals surface area contributed by atoms with E-state index in [1.807, 2.05) is 21.6 Å². The van der Waals surface area contributed by atoms with E-state index in [0.29, 0.717) is 31.2 Å². The molecule has 1 atom stereocenters. The van der Waals surface area contributed by atoms with Gasteiger partial charge in [-0.3, -0.25) is 4.79 Å². The van der Waals surface area contributed by atoms with E-state index >= 15 is 0 Å². The molecule has 2 fully saturated rings. The second-order valence-electron chi connectivity index (χ2n) is 5.98. The first-order valence-corrected chi connectivity index (χ1v) is 8.40. The number of rotatable bonds is 2. The minimum atomic E-state index is -0.745. The maximum atomic E-state index is 12.5. The lowest BCUT2D eigenvalue weighted by Gasteiger charge is -2.40. The second-order valence-corrected chi connectivity index (χ2v) is 7.39. The number of thioether (sulfide) groups is 1. The standard InChI is InChI=1S/C14H24N2O3S/c1-3-11-10-16(8-9-20-11)13(19)15-6-4-14(2,5-7-15)12(17)18/h11H,3-10H2,1-2H3,(H,17,18). The van der Waals surface area contributed by atoms with Crippen molar-refractivity contribution >= 4 is 23.8 Å². The number of likely N-dealkylation sites (tertiary alicyclic amines) is 1. The summed E-state index contributed by atoms with van der Waals surface area (Å²) in [6.07, 6.45) is 2.19. The number of aliphatic carboxylic acids is 1. The molecule has 0 radical (unpaired) electrons. The highest BCUT2D eigenvalue weighted by Gasteiger charge is 2.39. The maximum absolute atomic E-state index is 12.5. The minimum absolute atomic E-state index is 0.0937. The van der Waals surface area contributed by atoms with Gasteiger partial charge in [0, 0.05) is 37.2 Å². The Morgan fingerprint density at radius 2 is 1.90 bits per heavy atom. The lowest BCUT2D eigenvalue weighted by atomic mass is 9.80. The SMILES string of the molecule is CCC1CN(C(=O)N2CCC(C)(C(=O)O)CC2)CCS1. The van der Waals surface area contributed by atoms with E-state index in [-0.39, 0.29) is 6.03 Å². The van der Waals surface area contributed by atoms with Gasteiger partial charge in [0.25, 0.3) is 0 Å². The molecule has 0 aliphatic carbocycles. The molecule has 2 rings (SSSR count). The summed E-state index contributed by atoms with van der Waals surface area (Å²) in [6, 6.07) is 0.0937. The van der Waals surface area contributed by atoms with Crippen molar-refractivity contribution in [2.45, 2.75) is 38.4 Å². The molecule has 2 aliphatic rings. The van der Waals surface area contributed by atoms with Crippen LogP contribution in [0.4, 0.5) is 4.79 Å². The van der Waals surface area contributed by atoms with E-state index in [4.69, 9.17) is 0 Å². The van der Waals surface area contributed by atoms with Crippen LogP contribution in [0, 0.1) is 5.41 Å². The zero-order valence-corrected chi connectivity index (χ0v) is 13.1. The van der Waals surface area contributed by atoms with E-state index < -0.39 is 11.4 Å². The minimum Gasteiger partial charge on any atom is -0.481 e. The monoisotopic (exact) mass is 300 g/mol. The van der Waals surface area contributed by atoms with Crippen LogP contribution in [0.3, 0.4) is 0 Å². The lowest BCUT2D eigenvalue weighted by molar-refractivity contribution is -0.150. The smallest absolute Gasteiger partial charge is 0.320 e. The first-order chi connectivity index (χ1) is 9.46. The number of amides is 2. The Kier molecular flexibility index (Phi) is 4.83. The van der Waals surface area contributed by atoms with Crippen molar-refractivity contribution in [1.82, 2.24) is 9.80 Å². The summed E-state index contributed by atoms with van der Waals surface area (Å²) in [7, 11) is 0. The van der Waals surface area contributed by atoms with Gasteiger partial charge in [-0.2, -0.15) is 11.8 Å². The number of carboxylic acid groups (broad SMARTS) is 1. The van der Waals surface area contributed by atoms with Crippen LogP contribution in [-0.4, -0.2) is 64.1 Å². The Morgan fingerprint density at radius 3 is 2.45 bits per heavy atom. The largest absolute Gasteiger partial charge is 0.481 e. The normalized spacial score (nSPS) is 26.4. The fraction of sp³-hybridized carbons (Fsp3) is 0.857. The molecule has 2 amide bonds. The Balaban J connectivity index is 1.90. The third-order valence-corrected chi connectivity index (χ3v) is 5.89. The highest BCUT2D eigenvalue weighted by molar-refractivity contribution is 8.00. The molecule has 0 spiro atoms. The van der Waals surface area contributed by atoms with Crippen LogP contribution in [0.25, 0.3) is 0 Å². The molecule has 2 heterocycles. The highest BCUT2D eigenvalue weighted by Crippen LogP contribution is 2.32. The third-order valence-electron chi connectivity index (χ3n) is 4.52. The number of carbonyl (C=O) groups is 2. The molecule has 0 bridgehead atoms. The zero-order valence-electron chi connectivity index (χ0n) is 12.3. The number of piperidine rings is 1. The lowest BCUT2D eigenvalue weighted by Crippen LogP contribution is -2.52. The van der Waals surface area contributed by atoms with Gasteiger partial charge < -0.3 is 14.9 Å². The summed E-state index contributed by atoms with van der Waals surface area (Å²) in [5.74, 6) is 0.260. The fourth-order valence-corrected chi connectivity index (χ4v) is 3.93. The number of carbonyl (C=O) groups excluding carboxylic acids is 1. The van der Waals surface area contributed by atoms with Crippen LogP contribution in [0.1, 0.15) is 33.1 Å². The zero-order chi connectivity index (χ0) is 14.8. The molecule has 1 N–H and O–H groups in total. The number of hydrogen-bond donors (Lipinski definition) is 1. The van der Waals surface area contributed by atoms with Gasteiger partial charge >= 0.3 is 12.0 Å². The summed E-state index contributed by atoms with van der Waals surface area (Å²) < 4.78 is 0. The van der Waals surface area contributed by atoms with E-state index in [2.05, 4.69) is 6.92 Å². The van der Waals surface area contributed by atoms with Crippen molar-refractivity contribution < 1.29 is 14.7 Å². The van der Waals surface area contributed by atoms with Gasteiger partial charge in [0.15, 0.2) is 0 Å². The topological polar surface area (TPSA) is 60.9 Å². The van der Waals surface area contributed by atoms with Gasteiger partial charge in [-0.1, -0.05) is 6.92 Å². The van der Waals surface area contributed by atoms with E-state index in [1.165, 1.54) is 0 Å². The molecule has 2 saturated heterocycles. The van der Waals surface area contributed by atoms with Crippen molar-refractivity contribution in [2.75, 3.05) is 31.9 Å². The average Bonchev–Trinajstić information content (AvgIpc) is 2.47. The van der Waals surface area contributed by atoms with Gasteiger partial charge in [-0.25, -0.2) is 4.79 Å². The molecule has 114 valence electrons. The Hall–Kier alpha value is -0.910. The maximum Gasteiger partial charge on any atom is 0.320 e. The molecule has 0 aromatic rings. The first kappa shape index (κ1) is 15.5. The Bertz CT molecular complexity index is 381. The van der Waals surface area contributed by atoms with E-state index in [9.17, 15) is 14.7 Å². The van der Waals surface area contributed by atoms with Crippen molar-refractivity contribution in [1.29, 1.82) is 0 Å². The Morgan fingerprint density at radius 1 is 1.25 bits per heavy atom. The quantitative estimate of drug-likeness (QED) is 0.848. The van der Waals surface area contributed by atoms with Gasteiger partial charge in [-0.05, 0) is 26.2 Å². The van der Waals surface area contributed by atoms with Crippen LogP contribution >= 0.6 is 11.8 Å². The molecule has 1 unspecified atom stereocenters. The van der Waals surface area contributed by atoms with Crippen molar-refractivity contribution in [3.8, 4) is 0 Å². The number of urea groups is 1. The summed E-state index contributed by atoms with van der Waals surface area (Å²) in [5, 5.41) is 9.76. The molecular formula is C14H24N2O3S. The predicted molar refractivity (Wildman–Crippen MR) is 80.1 cm³/mol. The fourth-order valence-electron chi connectivity index (χ4n) is 2.75. The molecule has 5 nitrogen and oxygen atoms in total. The number of carboxylic acids is 1. The summed E-state index contributed by atoms with van der Waals surface area (Å²) in [6.45, 7) is 6.69. The summed E-state index contributed by atoms with van der Waals surface area (Å²) in [4.78, 5) is 27.5. The number of nitrogens with zero attached hydrogens (tertiary/aromatic N) is 2. The molecule has 20 heavy (non-hydrogen) atoms. The van der Waals surface area contributed by atoms with Crippen molar-refractivity contribution in [3.05, 3.63) is 0 Å². The Labute approximate surface area is 124 Å². The van der Waals surface area contributed by atoms with Crippen LogP contribution in [0.15, 0.2) is 0 Å². The van der Waals surface area contributed by atoms with Crippen molar-refractivity contribution in [2.24, 2.45) is 5.41 Å². The average molecular weight is 300 g/mol. The molecule has 0 aromatic heterocycles. The third kappa shape index (κ3) is 3.22. The van der Waals surface area contributed by atoms with E-state index in [1.54, 1.807) is 6.92 Å². The molecule has 0 aromatic carbocycles. The highest BCUT2D eigenvalue weighted by atomic mass is 32.2. The van der Waals surface area contributed by atoms with Gasteiger partial charge in [0.05, 0.1) is 5.41 Å². The summed E-state index contributed by atoms with van der Waals surface area (Å²) >= 11 is 1.94. The number of hydrogen-bond acceptors (Lipinski definition) is 3.